The largest absolute Gasteiger partial charge is 0.336 e. The Balaban J connectivity index is 1.80. The van der Waals surface area contributed by atoms with Gasteiger partial charge >= 0.3 is 0 Å². The van der Waals surface area contributed by atoms with Gasteiger partial charge in [0.2, 0.25) is 0 Å². The molecule has 2 aromatic heterocycles. The number of amides is 1. The first-order valence-electron chi connectivity index (χ1n) is 9.24. The van der Waals surface area contributed by atoms with E-state index in [0.29, 0.717) is 5.56 Å². The van der Waals surface area contributed by atoms with Crippen LogP contribution in [-0.4, -0.2) is 37.7 Å². The topological polar surface area (TPSA) is 43.1 Å². The Hall–Kier alpha value is -2.82. The number of aryl methyl sites for hydroxylation is 1. The van der Waals surface area contributed by atoms with E-state index in [4.69, 9.17) is 0 Å². The van der Waals surface area contributed by atoms with Gasteiger partial charge in [0.1, 0.15) is 5.56 Å². The van der Waals surface area contributed by atoms with Crippen LogP contribution < -0.4 is 0 Å². The lowest BCUT2D eigenvalue weighted by atomic mass is 10.0. The Kier molecular flexibility index (Phi) is 4.37. The summed E-state index contributed by atoms with van der Waals surface area (Å²) in [6.07, 6.45) is 8.95. The summed E-state index contributed by atoms with van der Waals surface area (Å²) >= 11 is 0. The number of carbonyl (C=O) groups is 1. The second kappa shape index (κ2) is 6.83. The maximum atomic E-state index is 13.3. The predicted octanol–water partition coefficient (Wildman–Crippen LogP) is 3.99. The fourth-order valence-electron chi connectivity index (χ4n) is 3.65. The van der Waals surface area contributed by atoms with Crippen molar-refractivity contribution < 1.29 is 4.79 Å². The van der Waals surface area contributed by atoms with Gasteiger partial charge < -0.3 is 9.47 Å². The molecule has 1 amide bonds. The third kappa shape index (κ3) is 2.94. The van der Waals surface area contributed by atoms with Gasteiger partial charge in [0.05, 0.1) is 11.9 Å². The van der Waals surface area contributed by atoms with Crippen LogP contribution in [0.5, 0.6) is 0 Å². The lowest BCUT2D eigenvalue weighted by molar-refractivity contribution is 0.0635. The number of likely N-dealkylation sites (tertiary alicyclic amines) is 1. The molecule has 134 valence electrons. The zero-order chi connectivity index (χ0) is 18.1. The van der Waals surface area contributed by atoms with E-state index in [-0.39, 0.29) is 11.9 Å². The summed E-state index contributed by atoms with van der Waals surface area (Å²) in [7, 11) is 0. The summed E-state index contributed by atoms with van der Waals surface area (Å²) in [6, 6.07) is 12.4. The van der Waals surface area contributed by atoms with E-state index in [0.717, 1.165) is 30.9 Å². The summed E-state index contributed by atoms with van der Waals surface area (Å²) in [4.78, 5) is 15.3. The molecule has 26 heavy (non-hydrogen) atoms. The molecule has 0 aliphatic carbocycles. The number of hydrogen-bond donors (Lipinski definition) is 0. The molecule has 0 bridgehead atoms. The molecule has 1 fully saturated rings. The Bertz CT molecular complexity index is 893. The molecule has 1 aliphatic heterocycles. The van der Waals surface area contributed by atoms with Crippen molar-refractivity contribution in [3.63, 3.8) is 0 Å². The molecule has 4 rings (SSSR count). The molecular formula is C21H24N4O. The van der Waals surface area contributed by atoms with E-state index >= 15 is 0 Å². The van der Waals surface area contributed by atoms with Crippen molar-refractivity contribution in [2.24, 2.45) is 0 Å². The number of benzene rings is 1. The molecule has 3 aromatic rings. The molecule has 1 aliphatic rings. The van der Waals surface area contributed by atoms with Crippen LogP contribution in [0.4, 0.5) is 0 Å². The SMILES string of the molecule is Cc1ccc(-n2ncc(C(=O)N3CCCCC3C)c2-n2cccc2)cc1. The number of carbonyl (C=O) groups excluding carboxylic acids is 1. The minimum atomic E-state index is 0.0688. The summed E-state index contributed by atoms with van der Waals surface area (Å²) in [5, 5.41) is 4.56. The van der Waals surface area contributed by atoms with E-state index in [1.165, 1.54) is 12.0 Å². The number of aromatic nitrogens is 3. The zero-order valence-corrected chi connectivity index (χ0v) is 15.3. The molecule has 0 spiro atoms. The fourth-order valence-corrected chi connectivity index (χ4v) is 3.65. The highest BCUT2D eigenvalue weighted by atomic mass is 16.2. The number of nitrogens with zero attached hydrogens (tertiary/aromatic N) is 4. The van der Waals surface area contributed by atoms with Crippen molar-refractivity contribution in [3.05, 3.63) is 66.1 Å². The van der Waals surface area contributed by atoms with Gasteiger partial charge in [-0.3, -0.25) is 4.79 Å². The standard InChI is InChI=1S/C21H24N4O/c1-16-8-10-18(11-9-16)25-20(23-12-5-6-13-23)19(15-22-25)21(26)24-14-4-3-7-17(24)2/h5-6,8-13,15,17H,3-4,7,14H2,1-2H3. The first-order chi connectivity index (χ1) is 12.6. The smallest absolute Gasteiger partial charge is 0.259 e. The van der Waals surface area contributed by atoms with Crippen LogP contribution in [-0.2, 0) is 0 Å². The van der Waals surface area contributed by atoms with Gasteiger partial charge in [-0.15, -0.1) is 0 Å². The van der Waals surface area contributed by atoms with E-state index in [1.54, 1.807) is 6.20 Å². The van der Waals surface area contributed by atoms with Crippen LogP contribution in [0.15, 0.2) is 55.0 Å². The third-order valence-corrected chi connectivity index (χ3v) is 5.17. The summed E-state index contributed by atoms with van der Waals surface area (Å²) in [6.45, 7) is 5.02. The summed E-state index contributed by atoms with van der Waals surface area (Å²) in [5.74, 6) is 0.862. The van der Waals surface area contributed by atoms with E-state index in [1.807, 2.05) is 50.8 Å². The Morgan fingerprint density at radius 1 is 1.12 bits per heavy atom. The molecular weight excluding hydrogens is 324 g/mol. The Morgan fingerprint density at radius 2 is 1.85 bits per heavy atom. The van der Waals surface area contributed by atoms with E-state index in [9.17, 15) is 4.79 Å². The molecule has 1 unspecified atom stereocenters. The lowest BCUT2D eigenvalue weighted by Crippen LogP contribution is -2.42. The highest BCUT2D eigenvalue weighted by Crippen LogP contribution is 2.25. The van der Waals surface area contributed by atoms with Gasteiger partial charge in [0.25, 0.3) is 5.91 Å². The monoisotopic (exact) mass is 348 g/mol. The van der Waals surface area contributed by atoms with Gasteiger partial charge in [0, 0.05) is 25.0 Å². The molecule has 3 heterocycles. The van der Waals surface area contributed by atoms with Crippen LogP contribution in [0.25, 0.3) is 11.5 Å². The molecule has 5 nitrogen and oxygen atoms in total. The normalized spacial score (nSPS) is 17.5. The van der Waals surface area contributed by atoms with Crippen LogP contribution >= 0.6 is 0 Å². The quantitative estimate of drug-likeness (QED) is 0.718. The zero-order valence-electron chi connectivity index (χ0n) is 15.3. The first kappa shape index (κ1) is 16.6. The second-order valence-electron chi connectivity index (χ2n) is 7.06. The molecule has 0 saturated carbocycles. The van der Waals surface area contributed by atoms with Gasteiger partial charge in [-0.25, -0.2) is 4.68 Å². The Labute approximate surface area is 153 Å². The van der Waals surface area contributed by atoms with Gasteiger partial charge in [0.15, 0.2) is 5.82 Å². The van der Waals surface area contributed by atoms with Crippen molar-refractivity contribution in [3.8, 4) is 11.5 Å². The van der Waals surface area contributed by atoms with E-state index in [2.05, 4.69) is 31.1 Å². The highest BCUT2D eigenvalue weighted by Gasteiger charge is 2.28. The first-order valence-corrected chi connectivity index (χ1v) is 9.24. The number of hydrogen-bond acceptors (Lipinski definition) is 2. The maximum Gasteiger partial charge on any atom is 0.259 e. The molecule has 1 saturated heterocycles. The van der Waals surface area contributed by atoms with Gasteiger partial charge in [-0.05, 0) is 57.4 Å². The fraction of sp³-hybridized carbons (Fsp3) is 0.333. The average Bonchev–Trinajstić information content (AvgIpc) is 3.31. The minimum absolute atomic E-state index is 0.0688. The summed E-state index contributed by atoms with van der Waals surface area (Å²) < 4.78 is 3.82. The van der Waals surface area contributed by atoms with Crippen LogP contribution in [0.3, 0.4) is 0 Å². The minimum Gasteiger partial charge on any atom is -0.336 e. The molecule has 5 heteroatoms. The average molecular weight is 348 g/mol. The van der Waals surface area contributed by atoms with E-state index < -0.39 is 0 Å². The van der Waals surface area contributed by atoms with Crippen LogP contribution in [0, 0.1) is 6.92 Å². The van der Waals surface area contributed by atoms with Gasteiger partial charge in [-0.1, -0.05) is 17.7 Å². The lowest BCUT2D eigenvalue weighted by Gasteiger charge is -2.33. The van der Waals surface area contributed by atoms with Crippen LogP contribution in [0.1, 0.15) is 42.1 Å². The molecule has 0 radical (unpaired) electrons. The van der Waals surface area contributed by atoms with Crippen molar-refractivity contribution in [1.29, 1.82) is 0 Å². The van der Waals surface area contributed by atoms with Crippen molar-refractivity contribution in [1.82, 2.24) is 19.2 Å². The maximum absolute atomic E-state index is 13.3. The predicted molar refractivity (Wildman–Crippen MR) is 102 cm³/mol. The number of rotatable bonds is 3. The molecule has 0 N–H and O–H groups in total. The highest BCUT2D eigenvalue weighted by molar-refractivity contribution is 5.97. The third-order valence-electron chi connectivity index (χ3n) is 5.17. The van der Waals surface area contributed by atoms with Crippen molar-refractivity contribution in [2.75, 3.05) is 6.54 Å². The Morgan fingerprint density at radius 3 is 2.54 bits per heavy atom. The molecule has 1 aromatic carbocycles. The second-order valence-corrected chi connectivity index (χ2v) is 7.06. The van der Waals surface area contributed by atoms with Crippen LogP contribution in [0.2, 0.25) is 0 Å². The van der Waals surface area contributed by atoms with Crippen molar-refractivity contribution >= 4 is 5.91 Å². The van der Waals surface area contributed by atoms with Gasteiger partial charge in [-0.2, -0.15) is 5.10 Å². The number of piperidine rings is 1. The molecule has 1 atom stereocenters. The van der Waals surface area contributed by atoms with Crippen molar-refractivity contribution in [2.45, 2.75) is 39.2 Å². The summed E-state index contributed by atoms with van der Waals surface area (Å²) in [5.41, 5.74) is 2.79.